The molecule has 0 unspecified atom stereocenters. The highest BCUT2D eigenvalue weighted by Gasteiger charge is 1.87. The molecule has 0 saturated heterocycles. The first kappa shape index (κ1) is 9.63. The topological polar surface area (TPSA) is 26.0 Å². The zero-order valence-electron chi connectivity index (χ0n) is 6.63. The van der Waals surface area contributed by atoms with Gasteiger partial charge >= 0.3 is 0 Å². The molecule has 0 amide bonds. The number of rotatable bonds is 4. The van der Waals surface area contributed by atoms with E-state index < -0.39 is 0 Å². The zero-order valence-corrected chi connectivity index (χ0v) is 7.45. The molecule has 0 fully saturated rings. The molecular weight excluding hydrogens is 142 g/mol. The van der Waals surface area contributed by atoms with Crippen molar-refractivity contribution in [2.24, 2.45) is 5.73 Å². The summed E-state index contributed by atoms with van der Waals surface area (Å²) in [6, 6.07) is 0. The first-order valence-electron chi connectivity index (χ1n) is 3.41. The predicted molar refractivity (Wildman–Crippen MR) is 50.1 cm³/mol. The van der Waals surface area contributed by atoms with E-state index in [0.29, 0.717) is 0 Å². The summed E-state index contributed by atoms with van der Waals surface area (Å²) >= 11 is 1.81. The monoisotopic (exact) mass is 157 g/mol. The maximum atomic E-state index is 5.26. The van der Waals surface area contributed by atoms with Crippen LogP contribution in [0, 0.1) is 0 Å². The van der Waals surface area contributed by atoms with Crippen LogP contribution in [0.4, 0.5) is 0 Å². The third kappa shape index (κ3) is 4.50. The second-order valence-electron chi connectivity index (χ2n) is 1.98. The van der Waals surface area contributed by atoms with Crippen molar-refractivity contribution in [1.29, 1.82) is 0 Å². The summed E-state index contributed by atoms with van der Waals surface area (Å²) in [5.74, 6) is 1.06. The minimum absolute atomic E-state index is 1.06. The molecule has 0 radical (unpaired) electrons. The summed E-state index contributed by atoms with van der Waals surface area (Å²) in [5, 5.41) is 0. The van der Waals surface area contributed by atoms with E-state index in [0.717, 1.165) is 12.2 Å². The van der Waals surface area contributed by atoms with Gasteiger partial charge in [0.15, 0.2) is 0 Å². The summed E-state index contributed by atoms with van der Waals surface area (Å²) in [7, 11) is 0. The van der Waals surface area contributed by atoms with E-state index in [9.17, 15) is 0 Å². The molecule has 0 aliphatic carbocycles. The van der Waals surface area contributed by atoms with Gasteiger partial charge in [0.2, 0.25) is 0 Å². The lowest BCUT2D eigenvalue weighted by Gasteiger charge is -1.96. The molecule has 0 bridgehead atoms. The molecule has 58 valence electrons. The molecule has 0 saturated carbocycles. The van der Waals surface area contributed by atoms with Gasteiger partial charge in [0.25, 0.3) is 0 Å². The summed E-state index contributed by atoms with van der Waals surface area (Å²) in [6.45, 7) is 2.13. The van der Waals surface area contributed by atoms with Crippen LogP contribution >= 0.6 is 11.8 Å². The highest BCUT2D eigenvalue weighted by atomic mass is 32.2. The molecule has 0 heterocycles. The Morgan fingerprint density at radius 2 is 2.30 bits per heavy atom. The molecule has 0 rings (SSSR count). The van der Waals surface area contributed by atoms with Crippen molar-refractivity contribution < 1.29 is 0 Å². The Kier molecular flexibility index (Phi) is 6.50. The minimum Gasteiger partial charge on any atom is -0.405 e. The second kappa shape index (κ2) is 6.75. The number of thioether (sulfide) groups is 1. The maximum absolute atomic E-state index is 5.26. The van der Waals surface area contributed by atoms with Gasteiger partial charge in [-0.2, -0.15) is 11.8 Å². The van der Waals surface area contributed by atoms with Gasteiger partial charge in [0, 0.05) is 5.75 Å². The van der Waals surface area contributed by atoms with Crippen LogP contribution in [0.2, 0.25) is 0 Å². The molecule has 0 atom stereocenters. The standard InChI is InChI=1S/C8H15NS/c1-3-4-8(5-6-9)7-10-2/h4-6H,3,7,9H2,1-2H3/b6-5-,8-4+. The third-order valence-electron chi connectivity index (χ3n) is 1.09. The van der Waals surface area contributed by atoms with Crippen molar-refractivity contribution >= 4 is 11.8 Å². The normalized spacial score (nSPS) is 12.8. The van der Waals surface area contributed by atoms with Gasteiger partial charge in [0.1, 0.15) is 0 Å². The summed E-state index contributed by atoms with van der Waals surface area (Å²) in [5.41, 5.74) is 6.58. The first-order chi connectivity index (χ1) is 4.85. The molecule has 2 heteroatoms. The lowest BCUT2D eigenvalue weighted by Crippen LogP contribution is -1.85. The van der Waals surface area contributed by atoms with Gasteiger partial charge in [0.05, 0.1) is 0 Å². The molecule has 0 aromatic carbocycles. The van der Waals surface area contributed by atoms with Crippen molar-refractivity contribution in [3.8, 4) is 0 Å². The fourth-order valence-electron chi connectivity index (χ4n) is 0.728. The largest absolute Gasteiger partial charge is 0.405 e. The highest BCUT2D eigenvalue weighted by Crippen LogP contribution is 2.05. The summed E-state index contributed by atoms with van der Waals surface area (Å²) in [4.78, 5) is 0. The molecule has 1 nitrogen and oxygen atoms in total. The molecule has 0 aromatic heterocycles. The molecular formula is C8H15NS. The van der Waals surface area contributed by atoms with Crippen LogP contribution < -0.4 is 5.73 Å². The van der Waals surface area contributed by atoms with Gasteiger partial charge in [-0.3, -0.25) is 0 Å². The molecule has 0 aliphatic heterocycles. The van der Waals surface area contributed by atoms with Gasteiger partial charge in [-0.05, 0) is 30.5 Å². The highest BCUT2D eigenvalue weighted by molar-refractivity contribution is 7.98. The number of nitrogens with two attached hydrogens (primary N) is 1. The van der Waals surface area contributed by atoms with Crippen LogP contribution in [-0.2, 0) is 0 Å². The lowest BCUT2D eigenvalue weighted by atomic mass is 10.2. The number of hydrogen-bond donors (Lipinski definition) is 1. The Hall–Kier alpha value is -0.370. The quantitative estimate of drug-likeness (QED) is 0.633. The van der Waals surface area contributed by atoms with Crippen molar-refractivity contribution in [2.75, 3.05) is 12.0 Å². The van der Waals surface area contributed by atoms with Crippen molar-refractivity contribution in [3.05, 3.63) is 23.9 Å². The van der Waals surface area contributed by atoms with E-state index in [4.69, 9.17) is 5.73 Å². The Morgan fingerprint density at radius 3 is 2.70 bits per heavy atom. The van der Waals surface area contributed by atoms with Crippen molar-refractivity contribution in [3.63, 3.8) is 0 Å². The Bertz CT molecular complexity index is 127. The Balaban J connectivity index is 3.84. The summed E-state index contributed by atoms with van der Waals surface area (Å²) in [6.07, 6.45) is 8.92. The average molecular weight is 157 g/mol. The minimum atomic E-state index is 1.06. The zero-order chi connectivity index (χ0) is 7.82. The van der Waals surface area contributed by atoms with Crippen LogP contribution in [0.5, 0.6) is 0 Å². The first-order valence-corrected chi connectivity index (χ1v) is 4.80. The van der Waals surface area contributed by atoms with Crippen LogP contribution in [0.3, 0.4) is 0 Å². The smallest absolute Gasteiger partial charge is 0.0179 e. The molecule has 2 N–H and O–H groups in total. The molecule has 0 aliphatic rings. The van der Waals surface area contributed by atoms with E-state index in [-0.39, 0.29) is 0 Å². The van der Waals surface area contributed by atoms with Crippen LogP contribution in [0.25, 0.3) is 0 Å². The van der Waals surface area contributed by atoms with E-state index >= 15 is 0 Å². The second-order valence-corrected chi connectivity index (χ2v) is 2.85. The van der Waals surface area contributed by atoms with Gasteiger partial charge in [-0.25, -0.2) is 0 Å². The fourth-order valence-corrected chi connectivity index (χ4v) is 1.27. The van der Waals surface area contributed by atoms with Crippen molar-refractivity contribution in [1.82, 2.24) is 0 Å². The van der Waals surface area contributed by atoms with Gasteiger partial charge in [-0.1, -0.05) is 13.0 Å². The number of hydrogen-bond acceptors (Lipinski definition) is 2. The molecule has 10 heavy (non-hydrogen) atoms. The molecule has 0 spiro atoms. The maximum Gasteiger partial charge on any atom is 0.0179 e. The third-order valence-corrected chi connectivity index (χ3v) is 1.71. The Labute approximate surface area is 67.4 Å². The van der Waals surface area contributed by atoms with E-state index in [1.807, 2.05) is 17.8 Å². The number of allylic oxidation sites excluding steroid dienone is 2. The fraction of sp³-hybridized carbons (Fsp3) is 0.500. The van der Waals surface area contributed by atoms with Crippen molar-refractivity contribution in [2.45, 2.75) is 13.3 Å². The molecule has 0 aromatic rings. The van der Waals surface area contributed by atoms with Crippen LogP contribution in [0.1, 0.15) is 13.3 Å². The van der Waals surface area contributed by atoms with E-state index in [1.54, 1.807) is 6.20 Å². The average Bonchev–Trinajstić information content (AvgIpc) is 1.90. The summed E-state index contributed by atoms with van der Waals surface area (Å²) < 4.78 is 0. The predicted octanol–water partition coefficient (Wildman–Crippen LogP) is 2.16. The Morgan fingerprint density at radius 1 is 1.60 bits per heavy atom. The van der Waals surface area contributed by atoms with Crippen LogP contribution in [-0.4, -0.2) is 12.0 Å². The van der Waals surface area contributed by atoms with Crippen LogP contribution in [0.15, 0.2) is 23.9 Å². The SMILES string of the molecule is CC/C=C(\C=C/N)CSC. The van der Waals surface area contributed by atoms with E-state index in [2.05, 4.69) is 19.3 Å². The van der Waals surface area contributed by atoms with Gasteiger partial charge in [-0.15, -0.1) is 0 Å². The lowest BCUT2D eigenvalue weighted by molar-refractivity contribution is 1.20. The van der Waals surface area contributed by atoms with Gasteiger partial charge < -0.3 is 5.73 Å². The van der Waals surface area contributed by atoms with E-state index in [1.165, 1.54) is 5.57 Å².